The highest BCUT2D eigenvalue weighted by molar-refractivity contribution is 5.90. The van der Waals surface area contributed by atoms with E-state index in [1.165, 1.54) is 0 Å². The van der Waals surface area contributed by atoms with E-state index in [2.05, 4.69) is 20.9 Å². The number of urea groups is 1. The second-order valence-corrected chi connectivity index (χ2v) is 6.48. The summed E-state index contributed by atoms with van der Waals surface area (Å²) in [6.45, 7) is 2.27. The third-order valence-electron chi connectivity index (χ3n) is 4.68. The predicted octanol–water partition coefficient (Wildman–Crippen LogP) is -0.314. The number of carbonyl (C=O) groups excluding carboxylic acids is 3. The van der Waals surface area contributed by atoms with Crippen LogP contribution in [0.25, 0.3) is 0 Å². The summed E-state index contributed by atoms with van der Waals surface area (Å²) in [6.07, 6.45) is 1.80. The van der Waals surface area contributed by atoms with E-state index in [0.717, 1.165) is 30.6 Å². The van der Waals surface area contributed by atoms with E-state index in [4.69, 9.17) is 5.73 Å². The molecule has 2 heterocycles. The summed E-state index contributed by atoms with van der Waals surface area (Å²) < 4.78 is 0. The Labute approximate surface area is 146 Å². The summed E-state index contributed by atoms with van der Waals surface area (Å²) >= 11 is 0. The minimum atomic E-state index is -0.522. The van der Waals surface area contributed by atoms with Gasteiger partial charge in [-0.15, -0.1) is 0 Å². The summed E-state index contributed by atoms with van der Waals surface area (Å²) in [7, 11) is 0. The van der Waals surface area contributed by atoms with Gasteiger partial charge in [-0.3, -0.25) is 9.59 Å². The number of anilines is 1. The Morgan fingerprint density at radius 3 is 2.68 bits per heavy atom. The molecule has 2 aliphatic heterocycles. The minimum Gasteiger partial charge on any atom is -0.371 e. The van der Waals surface area contributed by atoms with Crippen LogP contribution in [0.3, 0.4) is 0 Å². The van der Waals surface area contributed by atoms with Gasteiger partial charge in [0.1, 0.15) is 6.04 Å². The topological polar surface area (TPSA) is 117 Å². The SMILES string of the molecule is NC(=O)[C@@H]1CCCN(c2ccc(CNC(=O)[C@@H]3CNC(=O)N3)cc2)C1. The molecule has 0 bridgehead atoms. The van der Waals surface area contributed by atoms with Crippen LogP contribution in [0.2, 0.25) is 0 Å². The van der Waals surface area contributed by atoms with Crippen molar-refractivity contribution in [1.82, 2.24) is 16.0 Å². The zero-order valence-electron chi connectivity index (χ0n) is 14.0. The molecule has 2 atom stereocenters. The molecule has 0 aromatic heterocycles. The first-order chi connectivity index (χ1) is 12.0. The highest BCUT2D eigenvalue weighted by atomic mass is 16.2. The van der Waals surface area contributed by atoms with Gasteiger partial charge < -0.3 is 26.6 Å². The van der Waals surface area contributed by atoms with Crippen molar-refractivity contribution in [2.24, 2.45) is 11.7 Å². The van der Waals surface area contributed by atoms with Crippen molar-refractivity contribution < 1.29 is 14.4 Å². The maximum Gasteiger partial charge on any atom is 0.315 e. The third kappa shape index (κ3) is 4.20. The lowest BCUT2D eigenvalue weighted by molar-refractivity contribution is -0.123. The molecule has 0 aliphatic carbocycles. The van der Waals surface area contributed by atoms with Crippen LogP contribution in [0.1, 0.15) is 18.4 Å². The van der Waals surface area contributed by atoms with E-state index in [1.54, 1.807) is 0 Å². The van der Waals surface area contributed by atoms with Crippen molar-refractivity contribution in [3.05, 3.63) is 29.8 Å². The minimum absolute atomic E-state index is 0.0945. The van der Waals surface area contributed by atoms with E-state index in [0.29, 0.717) is 19.6 Å². The van der Waals surface area contributed by atoms with Gasteiger partial charge in [0.25, 0.3) is 0 Å². The van der Waals surface area contributed by atoms with Crippen LogP contribution < -0.4 is 26.6 Å². The number of piperidine rings is 1. The summed E-state index contributed by atoms with van der Waals surface area (Å²) in [5.74, 6) is -0.539. The lowest BCUT2D eigenvalue weighted by Crippen LogP contribution is -2.42. The zero-order chi connectivity index (χ0) is 17.8. The number of hydrogen-bond acceptors (Lipinski definition) is 4. The van der Waals surface area contributed by atoms with Crippen molar-refractivity contribution in [3.8, 4) is 0 Å². The van der Waals surface area contributed by atoms with Crippen molar-refractivity contribution in [2.75, 3.05) is 24.5 Å². The Morgan fingerprint density at radius 1 is 1.28 bits per heavy atom. The quantitative estimate of drug-likeness (QED) is 0.585. The van der Waals surface area contributed by atoms with Crippen LogP contribution >= 0.6 is 0 Å². The zero-order valence-corrected chi connectivity index (χ0v) is 14.0. The summed E-state index contributed by atoms with van der Waals surface area (Å²) in [5.41, 5.74) is 7.44. The molecular weight excluding hydrogens is 322 g/mol. The molecule has 134 valence electrons. The molecule has 0 saturated carbocycles. The average molecular weight is 345 g/mol. The molecule has 5 N–H and O–H groups in total. The van der Waals surface area contributed by atoms with Crippen molar-refractivity contribution in [3.63, 3.8) is 0 Å². The molecule has 1 aromatic rings. The molecule has 3 rings (SSSR count). The maximum absolute atomic E-state index is 12.0. The second kappa shape index (κ2) is 7.42. The summed E-state index contributed by atoms with van der Waals surface area (Å²) in [5, 5.41) is 7.92. The van der Waals surface area contributed by atoms with Gasteiger partial charge in [0, 0.05) is 31.9 Å². The molecule has 2 aliphatic rings. The Balaban J connectivity index is 1.52. The van der Waals surface area contributed by atoms with Crippen LogP contribution in [0.15, 0.2) is 24.3 Å². The molecular formula is C17H23N5O3. The highest BCUT2D eigenvalue weighted by Crippen LogP contribution is 2.23. The van der Waals surface area contributed by atoms with Gasteiger partial charge in [-0.05, 0) is 30.5 Å². The number of amides is 4. The smallest absolute Gasteiger partial charge is 0.315 e. The van der Waals surface area contributed by atoms with E-state index in [9.17, 15) is 14.4 Å². The number of rotatable bonds is 5. The highest BCUT2D eigenvalue weighted by Gasteiger charge is 2.26. The van der Waals surface area contributed by atoms with Crippen molar-refractivity contribution in [2.45, 2.75) is 25.4 Å². The molecule has 8 nitrogen and oxygen atoms in total. The second-order valence-electron chi connectivity index (χ2n) is 6.48. The standard InChI is InChI=1S/C17H23N5O3/c18-15(23)12-2-1-7-22(10-12)13-5-3-11(4-6-13)8-19-16(24)14-9-20-17(25)21-14/h3-6,12,14H,1-2,7-10H2,(H2,18,23)(H,19,24)(H2,20,21,25)/t12-,14+/m1/s1. The number of benzene rings is 1. The number of carbonyl (C=O) groups is 3. The molecule has 1 aromatic carbocycles. The first-order valence-corrected chi connectivity index (χ1v) is 8.48. The van der Waals surface area contributed by atoms with Crippen LogP contribution in [-0.2, 0) is 16.1 Å². The largest absolute Gasteiger partial charge is 0.371 e. The van der Waals surface area contributed by atoms with Crippen LogP contribution in [-0.4, -0.2) is 43.5 Å². The Morgan fingerprint density at radius 2 is 2.04 bits per heavy atom. The van der Waals surface area contributed by atoms with Crippen LogP contribution in [0.5, 0.6) is 0 Å². The van der Waals surface area contributed by atoms with E-state index < -0.39 is 6.04 Å². The molecule has 2 saturated heterocycles. The molecule has 0 unspecified atom stereocenters. The maximum atomic E-state index is 12.0. The third-order valence-corrected chi connectivity index (χ3v) is 4.68. The normalized spacial score (nSPS) is 22.9. The average Bonchev–Trinajstić information content (AvgIpc) is 3.07. The lowest BCUT2D eigenvalue weighted by atomic mass is 9.97. The van der Waals surface area contributed by atoms with Crippen LogP contribution in [0, 0.1) is 5.92 Å². The van der Waals surface area contributed by atoms with E-state index >= 15 is 0 Å². The fourth-order valence-electron chi connectivity index (χ4n) is 3.19. The van der Waals surface area contributed by atoms with Gasteiger partial charge in [-0.1, -0.05) is 12.1 Å². The number of nitrogens with one attached hydrogen (secondary N) is 3. The van der Waals surface area contributed by atoms with Gasteiger partial charge in [-0.25, -0.2) is 4.79 Å². The molecule has 4 amide bonds. The van der Waals surface area contributed by atoms with Gasteiger partial charge >= 0.3 is 6.03 Å². The van der Waals surface area contributed by atoms with Crippen molar-refractivity contribution >= 4 is 23.5 Å². The van der Waals surface area contributed by atoms with Crippen molar-refractivity contribution in [1.29, 1.82) is 0 Å². The number of nitrogens with zero attached hydrogens (tertiary/aromatic N) is 1. The predicted molar refractivity (Wildman–Crippen MR) is 92.7 cm³/mol. The Hall–Kier alpha value is -2.77. The first kappa shape index (κ1) is 17.1. The summed E-state index contributed by atoms with van der Waals surface area (Å²) in [6, 6.07) is 7.04. The van der Waals surface area contributed by atoms with Gasteiger partial charge in [0.15, 0.2) is 0 Å². The monoisotopic (exact) mass is 345 g/mol. The Bertz CT molecular complexity index is 661. The van der Waals surface area contributed by atoms with E-state index in [1.807, 2.05) is 24.3 Å². The van der Waals surface area contributed by atoms with Gasteiger partial charge in [0.05, 0.1) is 5.92 Å². The fraction of sp³-hybridized carbons (Fsp3) is 0.471. The first-order valence-electron chi connectivity index (χ1n) is 8.48. The molecule has 2 fully saturated rings. The number of primary amides is 1. The Kier molecular flexibility index (Phi) is 5.06. The number of hydrogen-bond donors (Lipinski definition) is 4. The number of nitrogens with two attached hydrogens (primary N) is 1. The fourth-order valence-corrected chi connectivity index (χ4v) is 3.19. The summed E-state index contributed by atoms with van der Waals surface area (Å²) in [4.78, 5) is 36.6. The van der Waals surface area contributed by atoms with E-state index in [-0.39, 0.29) is 23.8 Å². The lowest BCUT2D eigenvalue weighted by Gasteiger charge is -2.33. The molecule has 8 heteroatoms. The van der Waals surface area contributed by atoms with Gasteiger partial charge in [0.2, 0.25) is 11.8 Å². The van der Waals surface area contributed by atoms with Gasteiger partial charge in [-0.2, -0.15) is 0 Å². The molecule has 0 radical (unpaired) electrons. The molecule has 0 spiro atoms. The van der Waals surface area contributed by atoms with Crippen LogP contribution in [0.4, 0.5) is 10.5 Å². The molecule has 25 heavy (non-hydrogen) atoms.